The molecule has 1 fully saturated rings. The maximum absolute atomic E-state index is 4.89. The van der Waals surface area contributed by atoms with Gasteiger partial charge in [0.15, 0.2) is 5.65 Å². The number of imidazole rings is 1. The molecule has 2 aromatic heterocycles. The Morgan fingerprint density at radius 1 is 1.33 bits per heavy atom. The number of piperidine rings is 1. The minimum absolute atomic E-state index is 0.0369. The van der Waals surface area contributed by atoms with E-state index in [0.29, 0.717) is 6.04 Å². The Labute approximate surface area is 127 Å². The van der Waals surface area contributed by atoms with Gasteiger partial charge < -0.3 is 9.47 Å². The number of rotatable bonds is 2. The number of hydrogen-bond acceptors (Lipinski definition) is 3. The lowest BCUT2D eigenvalue weighted by Crippen LogP contribution is -2.37. The minimum atomic E-state index is 0.0369. The van der Waals surface area contributed by atoms with Crippen LogP contribution in [0.1, 0.15) is 52.4 Å². The standard InChI is InChI=1S/C17H26N4/c1-5-20-11-7-8-13(12-20)21-15-14(9-6-10-18-15)19-16(21)17(2,3)4/h6,9-10,13H,5,7-8,11-12H2,1-4H3. The van der Waals surface area contributed by atoms with Crippen LogP contribution in [0, 0.1) is 0 Å². The zero-order chi connectivity index (χ0) is 15.0. The third-order valence-electron chi connectivity index (χ3n) is 4.41. The van der Waals surface area contributed by atoms with E-state index in [1.54, 1.807) is 0 Å². The van der Waals surface area contributed by atoms with Gasteiger partial charge in [-0.1, -0.05) is 27.7 Å². The first kappa shape index (κ1) is 14.5. The van der Waals surface area contributed by atoms with E-state index in [0.717, 1.165) is 24.3 Å². The van der Waals surface area contributed by atoms with Gasteiger partial charge in [0.1, 0.15) is 11.3 Å². The maximum atomic E-state index is 4.89. The van der Waals surface area contributed by atoms with E-state index in [1.165, 1.54) is 25.2 Å². The van der Waals surface area contributed by atoms with Crippen molar-refractivity contribution in [3.8, 4) is 0 Å². The van der Waals surface area contributed by atoms with Gasteiger partial charge in [-0.15, -0.1) is 0 Å². The van der Waals surface area contributed by atoms with Crippen molar-refractivity contribution < 1.29 is 0 Å². The smallest absolute Gasteiger partial charge is 0.160 e. The van der Waals surface area contributed by atoms with E-state index in [4.69, 9.17) is 4.98 Å². The van der Waals surface area contributed by atoms with E-state index < -0.39 is 0 Å². The van der Waals surface area contributed by atoms with Crippen LogP contribution in [0.2, 0.25) is 0 Å². The van der Waals surface area contributed by atoms with Crippen molar-refractivity contribution in [1.29, 1.82) is 0 Å². The summed E-state index contributed by atoms with van der Waals surface area (Å²) >= 11 is 0. The Kier molecular flexibility index (Phi) is 3.74. The van der Waals surface area contributed by atoms with Crippen molar-refractivity contribution in [2.75, 3.05) is 19.6 Å². The number of aromatic nitrogens is 3. The SMILES string of the molecule is CCN1CCCC(n2c(C(C)(C)C)nc3cccnc32)C1. The zero-order valence-electron chi connectivity index (χ0n) is 13.6. The monoisotopic (exact) mass is 286 g/mol. The molecule has 4 nitrogen and oxygen atoms in total. The second-order valence-corrected chi connectivity index (χ2v) is 7.09. The van der Waals surface area contributed by atoms with E-state index in [9.17, 15) is 0 Å². The van der Waals surface area contributed by atoms with E-state index in [2.05, 4.69) is 48.2 Å². The highest BCUT2D eigenvalue weighted by Gasteiger charge is 2.29. The molecule has 0 bridgehead atoms. The molecular weight excluding hydrogens is 260 g/mol. The van der Waals surface area contributed by atoms with Gasteiger partial charge in [-0.25, -0.2) is 9.97 Å². The number of nitrogens with zero attached hydrogens (tertiary/aromatic N) is 4. The molecular formula is C17H26N4. The average Bonchev–Trinajstić information content (AvgIpc) is 2.87. The van der Waals surface area contributed by atoms with Crippen LogP contribution in [-0.2, 0) is 5.41 Å². The van der Waals surface area contributed by atoms with Crippen LogP contribution in [0.15, 0.2) is 18.3 Å². The van der Waals surface area contributed by atoms with Gasteiger partial charge in [-0.3, -0.25) is 0 Å². The zero-order valence-corrected chi connectivity index (χ0v) is 13.6. The number of hydrogen-bond donors (Lipinski definition) is 0. The molecule has 1 aliphatic rings. The lowest BCUT2D eigenvalue weighted by atomic mass is 9.94. The molecule has 1 saturated heterocycles. The molecule has 0 radical (unpaired) electrons. The fourth-order valence-electron chi connectivity index (χ4n) is 3.33. The molecule has 0 saturated carbocycles. The molecule has 0 amide bonds. The van der Waals surface area contributed by atoms with Gasteiger partial charge in [0.25, 0.3) is 0 Å². The van der Waals surface area contributed by atoms with E-state index >= 15 is 0 Å². The average molecular weight is 286 g/mol. The summed E-state index contributed by atoms with van der Waals surface area (Å²) < 4.78 is 2.41. The summed E-state index contributed by atoms with van der Waals surface area (Å²) in [6.07, 6.45) is 4.36. The van der Waals surface area contributed by atoms with Gasteiger partial charge in [0.05, 0.1) is 0 Å². The molecule has 3 heterocycles. The molecule has 0 aliphatic carbocycles. The third-order valence-corrected chi connectivity index (χ3v) is 4.41. The van der Waals surface area contributed by atoms with Gasteiger partial charge in [-0.2, -0.15) is 0 Å². The molecule has 3 rings (SSSR count). The molecule has 4 heteroatoms. The molecule has 0 aromatic carbocycles. The number of fused-ring (bicyclic) bond motifs is 1. The maximum Gasteiger partial charge on any atom is 0.160 e. The van der Waals surface area contributed by atoms with Gasteiger partial charge in [0.2, 0.25) is 0 Å². The van der Waals surface area contributed by atoms with Crippen LogP contribution in [0.4, 0.5) is 0 Å². The molecule has 1 atom stereocenters. The normalized spacial score (nSPS) is 21.0. The van der Waals surface area contributed by atoms with Crippen molar-refractivity contribution in [3.05, 3.63) is 24.2 Å². The largest absolute Gasteiger partial charge is 0.308 e. The van der Waals surface area contributed by atoms with Crippen LogP contribution in [0.25, 0.3) is 11.2 Å². The molecule has 1 unspecified atom stereocenters. The van der Waals surface area contributed by atoms with Crippen LogP contribution < -0.4 is 0 Å². The highest BCUT2D eigenvalue weighted by molar-refractivity contribution is 5.71. The van der Waals surface area contributed by atoms with Crippen LogP contribution >= 0.6 is 0 Å². The predicted molar refractivity (Wildman–Crippen MR) is 86.6 cm³/mol. The summed E-state index contributed by atoms with van der Waals surface area (Å²) in [7, 11) is 0. The Balaban J connectivity index is 2.11. The van der Waals surface area contributed by atoms with Gasteiger partial charge >= 0.3 is 0 Å². The Bertz CT molecular complexity index is 623. The van der Waals surface area contributed by atoms with Crippen LogP contribution in [-0.4, -0.2) is 39.1 Å². The summed E-state index contributed by atoms with van der Waals surface area (Å²) in [6.45, 7) is 12.4. The lowest BCUT2D eigenvalue weighted by Gasteiger charge is -2.35. The molecule has 1 aliphatic heterocycles. The first-order valence-electron chi connectivity index (χ1n) is 8.06. The van der Waals surface area contributed by atoms with Crippen LogP contribution in [0.3, 0.4) is 0 Å². The minimum Gasteiger partial charge on any atom is -0.308 e. The number of pyridine rings is 1. The molecule has 0 spiro atoms. The van der Waals surface area contributed by atoms with Gasteiger partial charge in [0, 0.05) is 24.2 Å². The van der Waals surface area contributed by atoms with E-state index in [1.807, 2.05) is 12.3 Å². The Morgan fingerprint density at radius 2 is 2.14 bits per heavy atom. The first-order valence-corrected chi connectivity index (χ1v) is 8.06. The molecule has 2 aromatic rings. The number of likely N-dealkylation sites (tertiary alicyclic amines) is 1. The summed E-state index contributed by atoms with van der Waals surface area (Å²) in [4.78, 5) is 12.1. The summed E-state index contributed by atoms with van der Waals surface area (Å²) in [6, 6.07) is 4.55. The summed E-state index contributed by atoms with van der Waals surface area (Å²) in [5, 5.41) is 0. The fourth-order valence-corrected chi connectivity index (χ4v) is 3.33. The van der Waals surface area contributed by atoms with Crippen molar-refractivity contribution in [1.82, 2.24) is 19.4 Å². The molecule has 0 N–H and O–H groups in total. The number of likely N-dealkylation sites (N-methyl/N-ethyl adjacent to an activating group) is 1. The highest BCUT2D eigenvalue weighted by atomic mass is 15.2. The van der Waals surface area contributed by atoms with Crippen molar-refractivity contribution in [2.45, 2.75) is 52.0 Å². The first-order chi connectivity index (χ1) is 10.0. The lowest BCUT2D eigenvalue weighted by molar-refractivity contribution is 0.183. The van der Waals surface area contributed by atoms with Crippen molar-refractivity contribution >= 4 is 11.2 Å². The van der Waals surface area contributed by atoms with Crippen LogP contribution in [0.5, 0.6) is 0 Å². The quantitative estimate of drug-likeness (QED) is 0.848. The van der Waals surface area contributed by atoms with E-state index in [-0.39, 0.29) is 5.41 Å². The second-order valence-electron chi connectivity index (χ2n) is 7.09. The molecule has 21 heavy (non-hydrogen) atoms. The Morgan fingerprint density at radius 3 is 2.86 bits per heavy atom. The van der Waals surface area contributed by atoms with Crippen molar-refractivity contribution in [3.63, 3.8) is 0 Å². The predicted octanol–water partition coefficient (Wildman–Crippen LogP) is 3.39. The Hall–Kier alpha value is -1.42. The summed E-state index contributed by atoms with van der Waals surface area (Å²) in [5.74, 6) is 1.17. The summed E-state index contributed by atoms with van der Waals surface area (Å²) in [5.41, 5.74) is 2.11. The van der Waals surface area contributed by atoms with Crippen molar-refractivity contribution in [2.24, 2.45) is 0 Å². The highest BCUT2D eigenvalue weighted by Crippen LogP contribution is 2.32. The van der Waals surface area contributed by atoms with Gasteiger partial charge in [-0.05, 0) is 38.1 Å². The second kappa shape index (κ2) is 5.41. The topological polar surface area (TPSA) is 34.0 Å². The molecule has 114 valence electrons. The third kappa shape index (κ3) is 2.69. The fraction of sp³-hybridized carbons (Fsp3) is 0.647.